The molecule has 1 heterocycles. The van der Waals surface area contributed by atoms with Crippen molar-refractivity contribution >= 4 is 17.5 Å². The quantitative estimate of drug-likeness (QED) is 0.604. The molecular weight excluding hydrogens is 328 g/mol. The normalized spacial score (nSPS) is 12.9. The van der Waals surface area contributed by atoms with E-state index in [1.165, 1.54) is 18.7 Å². The number of aromatic nitrogens is 4. The Hall–Kier alpha value is -1.93. The second-order valence-corrected chi connectivity index (χ2v) is 7.39. The first-order valence-corrected chi connectivity index (χ1v) is 8.59. The molecule has 0 amide bonds. The molecule has 0 bridgehead atoms. The summed E-state index contributed by atoms with van der Waals surface area (Å²) < 4.78 is 7.26. The third kappa shape index (κ3) is 5.04. The molecule has 2 aromatic rings. The van der Waals surface area contributed by atoms with Crippen LogP contribution in [0.1, 0.15) is 38.1 Å². The summed E-state index contributed by atoms with van der Waals surface area (Å²) in [7, 11) is 0. The Morgan fingerprint density at radius 3 is 2.58 bits per heavy atom. The number of benzene rings is 1. The Kier molecular flexibility index (Phi) is 5.95. The second-order valence-electron chi connectivity index (χ2n) is 6.40. The van der Waals surface area contributed by atoms with E-state index in [0.717, 1.165) is 0 Å². The number of carbonyl (C=O) groups excluding carboxylic acids is 1. The van der Waals surface area contributed by atoms with Gasteiger partial charge in [0, 0.05) is 11.3 Å². The number of aliphatic hydroxyl groups is 1. The summed E-state index contributed by atoms with van der Waals surface area (Å²) in [4.78, 5) is 11.2. The van der Waals surface area contributed by atoms with Crippen LogP contribution in [-0.4, -0.2) is 49.6 Å². The number of Topliss-reactive ketones (excluding diaryl/α,β-unsaturated/α-hetero) is 1. The van der Waals surface area contributed by atoms with Gasteiger partial charge in [-0.3, -0.25) is 4.79 Å². The van der Waals surface area contributed by atoms with E-state index in [0.29, 0.717) is 22.2 Å². The van der Waals surface area contributed by atoms with Gasteiger partial charge in [-0.2, -0.15) is 0 Å². The minimum Gasteiger partial charge on any atom is -0.491 e. The van der Waals surface area contributed by atoms with Crippen LogP contribution in [0.2, 0.25) is 0 Å². The number of rotatable bonds is 7. The Morgan fingerprint density at radius 1 is 1.33 bits per heavy atom. The molecule has 0 aliphatic rings. The van der Waals surface area contributed by atoms with Crippen LogP contribution >= 0.6 is 11.8 Å². The maximum Gasteiger partial charge on any atom is 0.209 e. The highest BCUT2D eigenvalue weighted by molar-refractivity contribution is 7.99. The van der Waals surface area contributed by atoms with E-state index in [1.54, 1.807) is 28.9 Å². The van der Waals surface area contributed by atoms with Crippen LogP contribution in [0.3, 0.4) is 0 Å². The third-order valence-corrected chi connectivity index (χ3v) is 4.25. The van der Waals surface area contributed by atoms with E-state index < -0.39 is 6.10 Å². The first kappa shape index (κ1) is 18.4. The van der Waals surface area contributed by atoms with E-state index in [4.69, 9.17) is 4.74 Å². The average molecular weight is 350 g/mol. The lowest BCUT2D eigenvalue weighted by molar-refractivity contribution is 0.101. The molecule has 130 valence electrons. The minimum absolute atomic E-state index is 0.00885. The highest BCUT2D eigenvalue weighted by atomic mass is 32.2. The summed E-state index contributed by atoms with van der Waals surface area (Å²) in [5.74, 6) is 1.04. The molecule has 1 unspecified atom stereocenters. The Bertz CT molecular complexity index is 679. The molecule has 1 aromatic carbocycles. The number of hydrogen-bond donors (Lipinski definition) is 1. The number of aliphatic hydroxyl groups excluding tert-OH is 1. The number of tetrazole rings is 1. The van der Waals surface area contributed by atoms with Gasteiger partial charge >= 0.3 is 0 Å². The van der Waals surface area contributed by atoms with Crippen molar-refractivity contribution in [2.75, 3.05) is 12.4 Å². The number of ketones is 1. The molecule has 0 aliphatic carbocycles. The van der Waals surface area contributed by atoms with Crippen LogP contribution < -0.4 is 4.74 Å². The van der Waals surface area contributed by atoms with E-state index >= 15 is 0 Å². The van der Waals surface area contributed by atoms with Gasteiger partial charge in [0.15, 0.2) is 5.78 Å². The van der Waals surface area contributed by atoms with Crippen LogP contribution in [0.5, 0.6) is 5.75 Å². The SMILES string of the molecule is CC(=O)c1ccc(OCC(O)CSc2nnnn2C(C)(C)C)cc1. The molecule has 0 saturated carbocycles. The number of thioether (sulfide) groups is 1. The molecule has 1 N–H and O–H groups in total. The van der Waals surface area contributed by atoms with Gasteiger partial charge in [0.1, 0.15) is 12.4 Å². The fourth-order valence-electron chi connectivity index (χ4n) is 1.89. The molecule has 8 heteroatoms. The van der Waals surface area contributed by atoms with Gasteiger partial charge in [0.2, 0.25) is 5.16 Å². The maximum atomic E-state index is 11.2. The number of carbonyl (C=O) groups is 1. The van der Waals surface area contributed by atoms with Crippen molar-refractivity contribution in [3.63, 3.8) is 0 Å². The maximum absolute atomic E-state index is 11.2. The predicted molar refractivity (Wildman–Crippen MR) is 91.5 cm³/mol. The average Bonchev–Trinajstić information content (AvgIpc) is 3.00. The smallest absolute Gasteiger partial charge is 0.209 e. The third-order valence-electron chi connectivity index (χ3n) is 3.18. The van der Waals surface area contributed by atoms with Gasteiger partial charge in [-0.25, -0.2) is 4.68 Å². The van der Waals surface area contributed by atoms with Crippen LogP contribution in [0.25, 0.3) is 0 Å². The lowest BCUT2D eigenvalue weighted by Gasteiger charge is -2.19. The Balaban J connectivity index is 1.83. The van der Waals surface area contributed by atoms with Gasteiger partial charge < -0.3 is 9.84 Å². The zero-order valence-corrected chi connectivity index (χ0v) is 15.1. The minimum atomic E-state index is -0.660. The largest absolute Gasteiger partial charge is 0.491 e. The van der Waals surface area contributed by atoms with Gasteiger partial charge in [0.05, 0.1) is 11.6 Å². The van der Waals surface area contributed by atoms with E-state index in [-0.39, 0.29) is 17.9 Å². The topological polar surface area (TPSA) is 90.1 Å². The highest BCUT2D eigenvalue weighted by Gasteiger charge is 2.20. The molecule has 0 saturated heterocycles. The zero-order chi connectivity index (χ0) is 17.7. The molecule has 0 radical (unpaired) electrons. The van der Waals surface area contributed by atoms with Gasteiger partial charge in [-0.1, -0.05) is 11.8 Å². The molecule has 1 atom stereocenters. The lowest BCUT2D eigenvalue weighted by Crippen LogP contribution is -2.25. The van der Waals surface area contributed by atoms with Crippen LogP contribution in [0.4, 0.5) is 0 Å². The number of nitrogens with zero attached hydrogens (tertiary/aromatic N) is 4. The molecule has 0 spiro atoms. The van der Waals surface area contributed by atoms with Gasteiger partial charge in [-0.15, -0.1) is 5.10 Å². The number of hydrogen-bond acceptors (Lipinski definition) is 7. The standard InChI is InChI=1S/C16H22N4O3S/c1-11(21)12-5-7-14(8-6-12)23-9-13(22)10-24-15-17-18-19-20(15)16(2,3)4/h5-8,13,22H,9-10H2,1-4H3. The first-order valence-electron chi connectivity index (χ1n) is 7.61. The molecule has 1 aromatic heterocycles. The fourth-order valence-corrected chi connectivity index (χ4v) is 2.85. The Morgan fingerprint density at radius 2 is 2.00 bits per heavy atom. The number of ether oxygens (including phenoxy) is 1. The van der Waals surface area contributed by atoms with Crippen molar-refractivity contribution in [1.29, 1.82) is 0 Å². The van der Waals surface area contributed by atoms with E-state index in [1.807, 2.05) is 20.8 Å². The predicted octanol–water partition coefficient (Wildman–Crippen LogP) is 2.16. The van der Waals surface area contributed by atoms with Crippen molar-refractivity contribution in [2.24, 2.45) is 0 Å². The van der Waals surface area contributed by atoms with Crippen molar-refractivity contribution in [1.82, 2.24) is 20.2 Å². The highest BCUT2D eigenvalue weighted by Crippen LogP contribution is 2.22. The zero-order valence-electron chi connectivity index (χ0n) is 14.3. The van der Waals surface area contributed by atoms with Gasteiger partial charge in [-0.05, 0) is 62.4 Å². The van der Waals surface area contributed by atoms with Crippen molar-refractivity contribution in [3.05, 3.63) is 29.8 Å². The van der Waals surface area contributed by atoms with Crippen molar-refractivity contribution in [2.45, 2.75) is 44.5 Å². The summed E-state index contributed by atoms with van der Waals surface area (Å²) in [5, 5.41) is 22.4. The van der Waals surface area contributed by atoms with E-state index in [2.05, 4.69) is 15.5 Å². The van der Waals surface area contributed by atoms with Crippen LogP contribution in [-0.2, 0) is 5.54 Å². The van der Waals surface area contributed by atoms with Gasteiger partial charge in [0.25, 0.3) is 0 Å². The monoisotopic (exact) mass is 350 g/mol. The summed E-state index contributed by atoms with van der Waals surface area (Å²) in [6, 6.07) is 6.85. The lowest BCUT2D eigenvalue weighted by atomic mass is 10.1. The molecule has 0 fully saturated rings. The van der Waals surface area contributed by atoms with Crippen LogP contribution in [0.15, 0.2) is 29.4 Å². The molecular formula is C16H22N4O3S. The van der Waals surface area contributed by atoms with Crippen molar-refractivity contribution < 1.29 is 14.6 Å². The summed E-state index contributed by atoms with van der Waals surface area (Å²) in [6.07, 6.45) is -0.660. The molecule has 0 aliphatic heterocycles. The second kappa shape index (κ2) is 7.76. The van der Waals surface area contributed by atoms with Crippen molar-refractivity contribution in [3.8, 4) is 5.75 Å². The summed E-state index contributed by atoms with van der Waals surface area (Å²) in [5.41, 5.74) is 0.415. The summed E-state index contributed by atoms with van der Waals surface area (Å²) >= 11 is 1.38. The molecule has 2 rings (SSSR count). The van der Waals surface area contributed by atoms with E-state index in [9.17, 15) is 9.90 Å². The fraction of sp³-hybridized carbons (Fsp3) is 0.500. The molecule has 7 nitrogen and oxygen atoms in total. The van der Waals surface area contributed by atoms with Crippen LogP contribution in [0, 0.1) is 0 Å². The summed E-state index contributed by atoms with van der Waals surface area (Å²) in [6.45, 7) is 7.71. The Labute approximate surface area is 145 Å². The first-order chi connectivity index (χ1) is 11.3. The molecule has 24 heavy (non-hydrogen) atoms.